The molecule has 5 nitrogen and oxygen atoms in total. The molecular weight excluding hydrogens is 405 g/mol. The van der Waals surface area contributed by atoms with Gasteiger partial charge in [-0.1, -0.05) is 11.6 Å². The Morgan fingerprint density at radius 2 is 2.07 bits per heavy atom. The number of halogens is 2. The molecule has 0 radical (unpaired) electrons. The minimum Gasteiger partial charge on any atom is -0.475 e. The topological polar surface area (TPSA) is 71.1 Å². The Kier molecular flexibility index (Phi) is 6.86. The Balaban J connectivity index is 1.22. The zero-order chi connectivity index (χ0) is 21.1. The summed E-state index contributed by atoms with van der Waals surface area (Å²) in [6, 6.07) is 4.04. The molecular formula is C23H30ClFN3O2+. The molecule has 162 valence electrons. The van der Waals surface area contributed by atoms with Crippen LogP contribution in [0.25, 0.3) is 0 Å². The second-order valence-corrected chi connectivity index (χ2v) is 9.22. The summed E-state index contributed by atoms with van der Waals surface area (Å²) in [5.41, 5.74) is 0.720. The Hall–Kier alpha value is -1.76. The molecule has 4 atom stereocenters. The highest BCUT2D eigenvalue weighted by atomic mass is 35.5. The van der Waals surface area contributed by atoms with Crippen LogP contribution in [0.15, 0.2) is 30.4 Å². The molecule has 3 N–H and O–H groups in total. The summed E-state index contributed by atoms with van der Waals surface area (Å²) in [5, 5.41) is 14.5. The summed E-state index contributed by atoms with van der Waals surface area (Å²) < 4.78 is 24.9. The number of nitrogens with zero attached hydrogens (tertiary/aromatic N) is 1. The lowest BCUT2D eigenvalue weighted by molar-refractivity contribution is -0.111. The van der Waals surface area contributed by atoms with E-state index in [2.05, 4.69) is 4.90 Å². The fraction of sp³-hybridized carbons (Fsp3) is 0.565. The van der Waals surface area contributed by atoms with Crippen LogP contribution in [0.1, 0.15) is 31.2 Å². The molecule has 3 fully saturated rings. The van der Waals surface area contributed by atoms with Crippen LogP contribution in [0.5, 0.6) is 0 Å². The van der Waals surface area contributed by atoms with Crippen molar-refractivity contribution in [1.82, 2.24) is 4.90 Å². The Labute approximate surface area is 182 Å². The van der Waals surface area contributed by atoms with Crippen molar-refractivity contribution in [3.05, 3.63) is 46.8 Å². The number of fused-ring (bicyclic) bond motifs is 1. The molecule has 1 saturated carbocycles. The van der Waals surface area contributed by atoms with E-state index in [1.54, 1.807) is 6.08 Å². The van der Waals surface area contributed by atoms with Crippen molar-refractivity contribution in [1.29, 1.82) is 5.41 Å². The Morgan fingerprint density at radius 3 is 2.77 bits per heavy atom. The Morgan fingerprint density at radius 1 is 1.30 bits per heavy atom. The van der Waals surface area contributed by atoms with Gasteiger partial charge < -0.3 is 14.4 Å². The standard InChI is InChI=1S/C23H29ClFN3O2/c24-21-4-3-18(25)10-20(21)22(26)5-6-23(27)30-19-8-16-12-28(13-17(16)9-19)11-15-2-1-7-29-14-15/h3-6,10,15-17,19,26-27H,1-2,7-9,11-14H2/p+1/b6-5-,26-22?,27-23?/t15?,16-,17?,19?/m0/s1. The molecule has 2 saturated heterocycles. The third-order valence-corrected chi connectivity index (χ3v) is 6.83. The highest BCUT2D eigenvalue weighted by Gasteiger charge is 2.42. The molecule has 0 spiro atoms. The van der Waals surface area contributed by atoms with Gasteiger partial charge in [0, 0.05) is 38.4 Å². The van der Waals surface area contributed by atoms with E-state index in [0.29, 0.717) is 34.1 Å². The van der Waals surface area contributed by atoms with Crippen molar-refractivity contribution in [3.8, 4) is 0 Å². The highest BCUT2D eigenvalue weighted by molar-refractivity contribution is 6.34. The number of benzene rings is 1. The van der Waals surface area contributed by atoms with Gasteiger partial charge in [0.1, 0.15) is 11.9 Å². The first-order chi connectivity index (χ1) is 14.5. The maximum absolute atomic E-state index is 13.4. The number of allylic oxidation sites excluding steroid dienone is 1. The van der Waals surface area contributed by atoms with Crippen LogP contribution in [0.4, 0.5) is 4.39 Å². The third kappa shape index (κ3) is 5.29. The van der Waals surface area contributed by atoms with E-state index in [9.17, 15) is 4.39 Å². The van der Waals surface area contributed by atoms with Gasteiger partial charge in [0.15, 0.2) is 0 Å². The van der Waals surface area contributed by atoms with Gasteiger partial charge in [-0.3, -0.25) is 10.8 Å². The smallest absolute Gasteiger partial charge is 0.206 e. The fourth-order valence-corrected chi connectivity index (χ4v) is 5.32. The fourth-order valence-electron chi connectivity index (χ4n) is 5.10. The van der Waals surface area contributed by atoms with Gasteiger partial charge in [0.05, 0.1) is 17.2 Å². The number of nitrogens with one attached hydrogen (secondary N) is 1. The van der Waals surface area contributed by atoms with Crippen LogP contribution in [-0.4, -0.2) is 55.5 Å². The minimum absolute atomic E-state index is 0.0756. The first kappa shape index (κ1) is 21.5. The van der Waals surface area contributed by atoms with Crippen LogP contribution in [0.3, 0.4) is 0 Å². The van der Waals surface area contributed by atoms with Gasteiger partial charge in [-0.25, -0.2) is 4.39 Å². The lowest BCUT2D eigenvalue weighted by Gasteiger charge is -2.27. The van der Waals surface area contributed by atoms with E-state index in [-0.39, 0.29) is 12.0 Å². The first-order valence-electron chi connectivity index (χ1n) is 10.8. The van der Waals surface area contributed by atoms with Crippen molar-refractivity contribution in [2.24, 2.45) is 17.8 Å². The molecule has 0 aromatic heterocycles. The van der Waals surface area contributed by atoms with E-state index in [4.69, 9.17) is 31.9 Å². The maximum atomic E-state index is 13.4. The van der Waals surface area contributed by atoms with Crippen LogP contribution in [0.2, 0.25) is 5.02 Å². The summed E-state index contributed by atoms with van der Waals surface area (Å²) in [5.74, 6) is 1.65. The van der Waals surface area contributed by atoms with Crippen molar-refractivity contribution in [2.75, 3.05) is 32.8 Å². The minimum atomic E-state index is -0.403. The number of rotatable bonds is 6. The predicted octanol–water partition coefficient (Wildman–Crippen LogP) is 2.71. The van der Waals surface area contributed by atoms with Crippen LogP contribution >= 0.6 is 11.6 Å². The zero-order valence-corrected chi connectivity index (χ0v) is 17.9. The molecule has 30 heavy (non-hydrogen) atoms. The van der Waals surface area contributed by atoms with Crippen LogP contribution in [0, 0.1) is 29.0 Å². The second kappa shape index (κ2) is 9.58. The summed E-state index contributed by atoms with van der Waals surface area (Å²) in [6.45, 7) is 5.22. The van der Waals surface area contributed by atoms with E-state index in [1.807, 2.05) is 0 Å². The molecule has 3 unspecified atom stereocenters. The summed E-state index contributed by atoms with van der Waals surface area (Å²) in [4.78, 5) is 2.59. The zero-order valence-electron chi connectivity index (χ0n) is 17.2. The molecule has 3 aliphatic rings. The van der Waals surface area contributed by atoms with Gasteiger partial charge >= 0.3 is 0 Å². The largest absolute Gasteiger partial charge is 0.475 e. The summed E-state index contributed by atoms with van der Waals surface area (Å²) in [7, 11) is 0. The third-order valence-electron chi connectivity index (χ3n) is 6.50. The Bertz CT molecular complexity index is 811. The molecule has 7 heteroatoms. The average molecular weight is 435 g/mol. The summed E-state index contributed by atoms with van der Waals surface area (Å²) >= 11 is 6.07. The van der Waals surface area contributed by atoms with Crippen LogP contribution in [-0.2, 0) is 9.47 Å². The lowest BCUT2D eigenvalue weighted by Crippen LogP contribution is -2.39. The van der Waals surface area contributed by atoms with E-state index in [1.165, 1.54) is 37.1 Å². The molecule has 2 aliphatic heterocycles. The van der Waals surface area contributed by atoms with Gasteiger partial charge in [0.25, 0.3) is 0 Å². The van der Waals surface area contributed by atoms with E-state index in [0.717, 1.165) is 45.7 Å². The molecule has 1 aliphatic carbocycles. The monoisotopic (exact) mass is 434 g/mol. The average Bonchev–Trinajstić information content (AvgIpc) is 3.26. The number of hydrogen-bond acceptors (Lipinski definition) is 4. The molecule has 2 heterocycles. The number of ether oxygens (including phenoxy) is 2. The molecule has 0 amide bonds. The quantitative estimate of drug-likeness (QED) is 0.534. The lowest BCUT2D eigenvalue weighted by atomic mass is 10.0. The van der Waals surface area contributed by atoms with E-state index < -0.39 is 5.82 Å². The predicted molar refractivity (Wildman–Crippen MR) is 115 cm³/mol. The van der Waals surface area contributed by atoms with Gasteiger partial charge in [-0.05, 0) is 61.6 Å². The molecule has 1 aromatic carbocycles. The normalized spacial score (nSPS) is 29.3. The van der Waals surface area contributed by atoms with Gasteiger partial charge in [-0.15, -0.1) is 0 Å². The van der Waals surface area contributed by atoms with E-state index >= 15 is 0 Å². The summed E-state index contributed by atoms with van der Waals surface area (Å²) in [6.07, 6.45) is 7.59. The number of nitrogens with two attached hydrogens (primary N) is 1. The van der Waals surface area contributed by atoms with Crippen molar-refractivity contribution >= 4 is 23.2 Å². The van der Waals surface area contributed by atoms with Crippen LogP contribution < -0.4 is 5.41 Å². The van der Waals surface area contributed by atoms with Crippen molar-refractivity contribution < 1.29 is 19.3 Å². The number of likely N-dealkylation sites (tertiary alicyclic amines) is 1. The van der Waals surface area contributed by atoms with Crippen molar-refractivity contribution in [3.63, 3.8) is 0 Å². The number of hydrogen-bond donors (Lipinski definition) is 2. The SMILES string of the molecule is N=C(/C=C\C(=[NH2+])c1cc(F)ccc1Cl)OC1CC2CN(CC3CCCOC3)C[C@@H]2C1. The van der Waals surface area contributed by atoms with Gasteiger partial charge in [-0.2, -0.15) is 0 Å². The van der Waals surface area contributed by atoms with Gasteiger partial charge in [0.2, 0.25) is 11.6 Å². The van der Waals surface area contributed by atoms with Crippen molar-refractivity contribution in [2.45, 2.75) is 31.8 Å². The maximum Gasteiger partial charge on any atom is 0.206 e. The molecule has 1 aromatic rings. The molecule has 4 rings (SSSR count). The first-order valence-corrected chi connectivity index (χ1v) is 11.2. The highest BCUT2D eigenvalue weighted by Crippen LogP contribution is 2.40. The second-order valence-electron chi connectivity index (χ2n) is 8.81. The molecule has 0 bridgehead atoms.